The van der Waals surface area contributed by atoms with Gasteiger partial charge in [0.1, 0.15) is 5.82 Å². The van der Waals surface area contributed by atoms with Gasteiger partial charge in [0, 0.05) is 11.8 Å². The van der Waals surface area contributed by atoms with Gasteiger partial charge >= 0.3 is 0 Å². The molecule has 0 saturated heterocycles. The molecule has 0 fully saturated rings. The number of hydrazine groups is 1. The molecule has 0 radical (unpaired) electrons. The van der Waals surface area contributed by atoms with Crippen LogP contribution in [0.15, 0.2) is 48.8 Å². The molecule has 0 bridgehead atoms. The van der Waals surface area contributed by atoms with Crippen LogP contribution in [0.2, 0.25) is 0 Å². The van der Waals surface area contributed by atoms with Gasteiger partial charge in [-0.25, -0.2) is 8.91 Å². The molecule has 1 atom stereocenters. The number of rotatable bonds is 4. The number of aryl methyl sites for hydroxylation is 1. The summed E-state index contributed by atoms with van der Waals surface area (Å²) in [4.78, 5) is 0. The summed E-state index contributed by atoms with van der Waals surface area (Å²) < 4.78 is 15.2. The zero-order chi connectivity index (χ0) is 14.8. The Bertz CT molecular complexity index is 766. The minimum Gasteiger partial charge on any atom is -0.271 e. The van der Waals surface area contributed by atoms with Crippen LogP contribution in [0.25, 0.3) is 5.52 Å². The molecule has 0 saturated carbocycles. The smallest absolute Gasteiger partial charge is 0.123 e. The molecule has 5 heteroatoms. The largest absolute Gasteiger partial charge is 0.271 e. The zero-order valence-corrected chi connectivity index (χ0v) is 11.8. The fourth-order valence-electron chi connectivity index (χ4n) is 2.56. The number of halogens is 1. The molecule has 0 aliphatic heterocycles. The average molecular weight is 284 g/mol. The minimum atomic E-state index is -0.230. The molecule has 0 aliphatic carbocycles. The van der Waals surface area contributed by atoms with Crippen molar-refractivity contribution >= 4 is 5.52 Å². The number of pyridine rings is 1. The summed E-state index contributed by atoms with van der Waals surface area (Å²) in [5.41, 5.74) is 6.80. The van der Waals surface area contributed by atoms with Crippen LogP contribution in [-0.4, -0.2) is 9.61 Å². The first kappa shape index (κ1) is 13.7. The summed E-state index contributed by atoms with van der Waals surface area (Å²) in [6.07, 6.45) is 4.30. The van der Waals surface area contributed by atoms with Gasteiger partial charge in [0.15, 0.2) is 0 Å². The van der Waals surface area contributed by atoms with E-state index in [1.807, 2.05) is 31.3 Å². The summed E-state index contributed by atoms with van der Waals surface area (Å²) in [7, 11) is 0. The zero-order valence-electron chi connectivity index (χ0n) is 11.8. The summed E-state index contributed by atoms with van der Waals surface area (Å²) in [6, 6.07) is 10.6. The quantitative estimate of drug-likeness (QED) is 0.572. The Morgan fingerprint density at radius 2 is 2.19 bits per heavy atom. The van der Waals surface area contributed by atoms with Crippen LogP contribution in [0.3, 0.4) is 0 Å². The van der Waals surface area contributed by atoms with Gasteiger partial charge in [-0.15, -0.1) is 0 Å². The van der Waals surface area contributed by atoms with E-state index in [1.54, 1.807) is 22.8 Å². The number of nitrogens with zero attached hydrogens (tertiary/aromatic N) is 2. The summed E-state index contributed by atoms with van der Waals surface area (Å²) in [5.74, 6) is 5.48. The number of fused-ring (bicyclic) bond motifs is 1. The van der Waals surface area contributed by atoms with Crippen LogP contribution in [-0.2, 0) is 6.42 Å². The van der Waals surface area contributed by atoms with Gasteiger partial charge in [0.25, 0.3) is 0 Å². The first-order valence-corrected chi connectivity index (χ1v) is 6.82. The Morgan fingerprint density at radius 1 is 1.33 bits per heavy atom. The molecule has 4 nitrogen and oxygen atoms in total. The van der Waals surface area contributed by atoms with Crippen LogP contribution in [0.5, 0.6) is 0 Å². The van der Waals surface area contributed by atoms with Crippen LogP contribution in [0, 0.1) is 12.7 Å². The first-order chi connectivity index (χ1) is 10.2. The fraction of sp³-hybridized carbons (Fsp3) is 0.188. The van der Waals surface area contributed by atoms with Crippen molar-refractivity contribution < 1.29 is 4.39 Å². The van der Waals surface area contributed by atoms with Crippen molar-refractivity contribution in [2.75, 3.05) is 0 Å². The third-order valence-corrected chi connectivity index (χ3v) is 3.77. The van der Waals surface area contributed by atoms with E-state index in [2.05, 4.69) is 10.5 Å². The second-order valence-electron chi connectivity index (χ2n) is 5.12. The molecular formula is C16H17FN4. The maximum atomic E-state index is 13.4. The maximum Gasteiger partial charge on any atom is 0.123 e. The SMILES string of the molecule is Cc1ccc(F)cc1CC(NN)c1cnn2ccccc12. The average Bonchev–Trinajstić information content (AvgIpc) is 2.92. The molecule has 0 spiro atoms. The highest BCUT2D eigenvalue weighted by atomic mass is 19.1. The summed E-state index contributed by atoms with van der Waals surface area (Å²) in [5, 5.41) is 4.32. The predicted molar refractivity (Wildman–Crippen MR) is 80.1 cm³/mol. The number of benzene rings is 1. The third-order valence-electron chi connectivity index (χ3n) is 3.77. The van der Waals surface area contributed by atoms with Crippen LogP contribution in [0.1, 0.15) is 22.7 Å². The number of aromatic nitrogens is 2. The molecule has 0 amide bonds. The van der Waals surface area contributed by atoms with Crippen LogP contribution < -0.4 is 11.3 Å². The molecule has 1 unspecified atom stereocenters. The topological polar surface area (TPSA) is 55.3 Å². The highest BCUT2D eigenvalue weighted by Crippen LogP contribution is 2.24. The van der Waals surface area contributed by atoms with E-state index in [4.69, 9.17) is 5.84 Å². The standard InChI is InChI=1S/C16H17FN4/c1-11-5-6-13(17)8-12(11)9-15(20-18)14-10-19-21-7-3-2-4-16(14)21/h2-8,10,15,20H,9,18H2,1H3. The Kier molecular flexibility index (Phi) is 3.68. The lowest BCUT2D eigenvalue weighted by atomic mass is 9.97. The summed E-state index contributed by atoms with van der Waals surface area (Å²) in [6.45, 7) is 1.97. The second-order valence-corrected chi connectivity index (χ2v) is 5.12. The van der Waals surface area contributed by atoms with E-state index in [0.29, 0.717) is 6.42 Å². The normalized spacial score (nSPS) is 12.7. The van der Waals surface area contributed by atoms with E-state index < -0.39 is 0 Å². The molecule has 2 heterocycles. The van der Waals surface area contributed by atoms with Gasteiger partial charge in [-0.05, 0) is 48.7 Å². The Hall–Kier alpha value is -2.24. The number of hydrogen-bond donors (Lipinski definition) is 2. The van der Waals surface area contributed by atoms with E-state index in [1.165, 1.54) is 6.07 Å². The van der Waals surface area contributed by atoms with E-state index in [0.717, 1.165) is 22.2 Å². The van der Waals surface area contributed by atoms with Crippen molar-refractivity contribution in [1.82, 2.24) is 15.0 Å². The first-order valence-electron chi connectivity index (χ1n) is 6.82. The number of nitrogens with one attached hydrogen (secondary N) is 1. The van der Waals surface area contributed by atoms with Gasteiger partial charge in [-0.3, -0.25) is 11.3 Å². The van der Waals surface area contributed by atoms with Crippen molar-refractivity contribution in [1.29, 1.82) is 0 Å². The highest BCUT2D eigenvalue weighted by Gasteiger charge is 2.16. The van der Waals surface area contributed by atoms with Crippen molar-refractivity contribution in [2.45, 2.75) is 19.4 Å². The van der Waals surface area contributed by atoms with Crippen LogP contribution in [0.4, 0.5) is 4.39 Å². The molecule has 0 aliphatic rings. The molecule has 1 aromatic carbocycles. The van der Waals surface area contributed by atoms with Gasteiger partial charge in [0.2, 0.25) is 0 Å². The maximum absolute atomic E-state index is 13.4. The Balaban J connectivity index is 1.97. The van der Waals surface area contributed by atoms with Crippen molar-refractivity contribution in [2.24, 2.45) is 5.84 Å². The summed E-state index contributed by atoms with van der Waals surface area (Å²) >= 11 is 0. The fourth-order valence-corrected chi connectivity index (χ4v) is 2.56. The Labute approximate surface area is 122 Å². The molecule has 21 heavy (non-hydrogen) atoms. The highest BCUT2D eigenvalue weighted by molar-refractivity contribution is 5.55. The van der Waals surface area contributed by atoms with Crippen molar-refractivity contribution in [3.63, 3.8) is 0 Å². The van der Waals surface area contributed by atoms with Gasteiger partial charge in [0.05, 0.1) is 17.8 Å². The molecule has 3 aromatic rings. The third kappa shape index (κ3) is 2.66. The molecule has 3 N–H and O–H groups in total. The van der Waals surface area contributed by atoms with Gasteiger partial charge in [-0.2, -0.15) is 5.10 Å². The second kappa shape index (κ2) is 5.63. The number of nitrogens with two attached hydrogens (primary N) is 1. The Morgan fingerprint density at radius 3 is 3.00 bits per heavy atom. The lowest BCUT2D eigenvalue weighted by Crippen LogP contribution is -2.29. The lowest BCUT2D eigenvalue weighted by molar-refractivity contribution is 0.550. The van der Waals surface area contributed by atoms with Crippen molar-refractivity contribution in [3.05, 3.63) is 71.3 Å². The van der Waals surface area contributed by atoms with E-state index >= 15 is 0 Å². The molecular weight excluding hydrogens is 267 g/mol. The van der Waals surface area contributed by atoms with E-state index in [-0.39, 0.29) is 11.9 Å². The van der Waals surface area contributed by atoms with Gasteiger partial charge < -0.3 is 0 Å². The number of hydrogen-bond acceptors (Lipinski definition) is 3. The monoisotopic (exact) mass is 284 g/mol. The van der Waals surface area contributed by atoms with Gasteiger partial charge in [-0.1, -0.05) is 12.1 Å². The molecule has 3 rings (SSSR count). The molecule has 2 aromatic heterocycles. The lowest BCUT2D eigenvalue weighted by Gasteiger charge is -2.16. The molecule has 108 valence electrons. The van der Waals surface area contributed by atoms with E-state index in [9.17, 15) is 4.39 Å². The van der Waals surface area contributed by atoms with Crippen LogP contribution >= 0.6 is 0 Å². The predicted octanol–water partition coefficient (Wildman–Crippen LogP) is 2.53. The minimum absolute atomic E-state index is 0.120. The van der Waals surface area contributed by atoms with Crippen molar-refractivity contribution in [3.8, 4) is 0 Å².